The van der Waals surface area contributed by atoms with Crippen molar-refractivity contribution in [1.82, 2.24) is 0 Å². The van der Waals surface area contributed by atoms with Gasteiger partial charge in [-0.05, 0) is 13.8 Å². The van der Waals surface area contributed by atoms with Gasteiger partial charge < -0.3 is 19.9 Å². The average molecular weight is 231 g/mol. The average Bonchev–Trinajstić information content (AvgIpc) is 2.18. The van der Waals surface area contributed by atoms with Gasteiger partial charge in [-0.1, -0.05) is 0 Å². The van der Waals surface area contributed by atoms with Crippen LogP contribution in [-0.4, -0.2) is 38.6 Å². The fourth-order valence-electron chi connectivity index (χ4n) is 2.06. The lowest BCUT2D eigenvalue weighted by Crippen LogP contribution is -2.61. The first-order valence-corrected chi connectivity index (χ1v) is 5.45. The highest BCUT2D eigenvalue weighted by Gasteiger charge is 2.60. The van der Waals surface area contributed by atoms with E-state index in [4.69, 9.17) is 19.9 Å². The zero-order valence-corrected chi connectivity index (χ0v) is 10.4. The topological polar surface area (TPSA) is 70.8 Å². The van der Waals surface area contributed by atoms with Crippen molar-refractivity contribution in [3.63, 3.8) is 0 Å². The number of carbonyl (C=O) groups is 1. The fourth-order valence-corrected chi connectivity index (χ4v) is 2.06. The van der Waals surface area contributed by atoms with E-state index in [9.17, 15) is 4.79 Å². The smallest absolute Gasteiger partial charge is 0.314 e. The van der Waals surface area contributed by atoms with Gasteiger partial charge in [0.1, 0.15) is 0 Å². The molecule has 5 heteroatoms. The second-order valence-electron chi connectivity index (χ2n) is 4.61. The van der Waals surface area contributed by atoms with Gasteiger partial charge in [0.25, 0.3) is 0 Å². The van der Waals surface area contributed by atoms with E-state index in [1.165, 1.54) is 0 Å². The van der Waals surface area contributed by atoms with Gasteiger partial charge in [-0.15, -0.1) is 0 Å². The molecule has 5 nitrogen and oxygen atoms in total. The van der Waals surface area contributed by atoms with E-state index in [1.807, 2.05) is 13.8 Å². The highest BCUT2D eigenvalue weighted by atomic mass is 16.7. The Morgan fingerprint density at radius 2 is 1.81 bits per heavy atom. The van der Waals surface area contributed by atoms with Crippen LogP contribution in [-0.2, 0) is 19.0 Å². The molecule has 1 fully saturated rings. The van der Waals surface area contributed by atoms with Crippen LogP contribution in [0, 0.1) is 5.41 Å². The van der Waals surface area contributed by atoms with Crippen LogP contribution in [0.15, 0.2) is 0 Å². The lowest BCUT2D eigenvalue weighted by atomic mass is 9.64. The van der Waals surface area contributed by atoms with Gasteiger partial charge in [0.05, 0.1) is 11.5 Å². The molecule has 0 heterocycles. The van der Waals surface area contributed by atoms with E-state index in [0.29, 0.717) is 12.8 Å². The Labute approximate surface area is 96.2 Å². The summed E-state index contributed by atoms with van der Waals surface area (Å²) in [5.41, 5.74) is 5.02. The minimum Gasteiger partial charge on any atom is -0.463 e. The number of hydrogen-bond acceptors (Lipinski definition) is 5. The standard InChI is InChI=1S/C11H21NO4/c1-8(2)16-9(13)10(7-12)5-11(6-10,14-3)15-4/h8H,5-7,12H2,1-4H3. The SMILES string of the molecule is COC1(OC)CC(CN)(C(=O)OC(C)C)C1. The second-order valence-corrected chi connectivity index (χ2v) is 4.61. The van der Waals surface area contributed by atoms with Crippen LogP contribution in [0.1, 0.15) is 26.7 Å². The highest BCUT2D eigenvalue weighted by molar-refractivity contribution is 5.79. The molecule has 0 aliphatic heterocycles. The third-order valence-electron chi connectivity index (χ3n) is 3.13. The third kappa shape index (κ3) is 2.21. The van der Waals surface area contributed by atoms with Gasteiger partial charge in [0, 0.05) is 33.6 Å². The fraction of sp³-hybridized carbons (Fsp3) is 0.909. The maximum Gasteiger partial charge on any atom is 0.314 e. The Kier molecular flexibility index (Phi) is 3.93. The molecule has 2 N–H and O–H groups in total. The summed E-state index contributed by atoms with van der Waals surface area (Å²) in [4.78, 5) is 11.9. The minimum atomic E-state index is -0.671. The lowest BCUT2D eigenvalue weighted by molar-refractivity contribution is -0.294. The Hall–Kier alpha value is -0.650. The largest absolute Gasteiger partial charge is 0.463 e. The Bertz CT molecular complexity index is 253. The lowest BCUT2D eigenvalue weighted by Gasteiger charge is -2.51. The number of ether oxygens (including phenoxy) is 3. The van der Waals surface area contributed by atoms with Crippen molar-refractivity contribution in [2.24, 2.45) is 11.1 Å². The van der Waals surface area contributed by atoms with E-state index in [0.717, 1.165) is 0 Å². The van der Waals surface area contributed by atoms with Crippen LogP contribution >= 0.6 is 0 Å². The van der Waals surface area contributed by atoms with Crippen LogP contribution in [0.3, 0.4) is 0 Å². The van der Waals surface area contributed by atoms with Crippen molar-refractivity contribution >= 4 is 5.97 Å². The zero-order valence-electron chi connectivity index (χ0n) is 10.4. The van der Waals surface area contributed by atoms with Gasteiger partial charge in [-0.2, -0.15) is 0 Å². The molecule has 0 radical (unpaired) electrons. The van der Waals surface area contributed by atoms with Crippen LogP contribution < -0.4 is 5.73 Å². The summed E-state index contributed by atoms with van der Waals surface area (Å²) < 4.78 is 15.7. The summed E-state index contributed by atoms with van der Waals surface area (Å²) in [6.07, 6.45) is 0.778. The molecule has 0 spiro atoms. The summed E-state index contributed by atoms with van der Waals surface area (Å²) in [6.45, 7) is 3.90. The number of rotatable bonds is 5. The van der Waals surface area contributed by atoms with E-state index in [2.05, 4.69) is 0 Å². The summed E-state index contributed by atoms with van der Waals surface area (Å²) in [5.74, 6) is -0.926. The molecular formula is C11H21NO4. The quantitative estimate of drug-likeness (QED) is 0.556. The van der Waals surface area contributed by atoms with Crippen molar-refractivity contribution in [1.29, 1.82) is 0 Å². The van der Waals surface area contributed by atoms with Crippen molar-refractivity contribution in [3.8, 4) is 0 Å². The minimum absolute atomic E-state index is 0.129. The van der Waals surface area contributed by atoms with Gasteiger partial charge in [-0.25, -0.2) is 0 Å². The molecule has 0 aromatic heterocycles. The predicted molar refractivity (Wildman–Crippen MR) is 58.7 cm³/mol. The van der Waals surface area contributed by atoms with Crippen molar-refractivity contribution in [2.45, 2.75) is 38.6 Å². The zero-order chi connectivity index (χ0) is 12.4. The summed E-state index contributed by atoms with van der Waals surface area (Å²) in [6, 6.07) is 0. The van der Waals surface area contributed by atoms with E-state index < -0.39 is 11.2 Å². The summed E-state index contributed by atoms with van der Waals surface area (Å²) in [7, 11) is 3.13. The molecule has 0 amide bonds. The molecule has 0 atom stereocenters. The number of hydrogen-bond donors (Lipinski definition) is 1. The molecule has 1 rings (SSSR count). The van der Waals surface area contributed by atoms with Gasteiger partial charge >= 0.3 is 5.97 Å². The first kappa shape index (κ1) is 13.4. The Balaban J connectivity index is 2.67. The molecule has 16 heavy (non-hydrogen) atoms. The number of methoxy groups -OCH3 is 2. The molecule has 0 aromatic rings. The monoisotopic (exact) mass is 231 g/mol. The summed E-state index contributed by atoms with van der Waals surface area (Å²) >= 11 is 0. The molecule has 1 saturated carbocycles. The van der Waals surface area contributed by atoms with Gasteiger partial charge in [0.2, 0.25) is 0 Å². The normalized spacial score (nSPS) is 21.6. The first-order valence-electron chi connectivity index (χ1n) is 5.45. The van der Waals surface area contributed by atoms with E-state index >= 15 is 0 Å². The molecule has 1 aliphatic rings. The van der Waals surface area contributed by atoms with Gasteiger partial charge in [0.15, 0.2) is 5.79 Å². The molecule has 0 bridgehead atoms. The van der Waals surface area contributed by atoms with E-state index in [-0.39, 0.29) is 18.6 Å². The molecule has 0 aromatic carbocycles. The third-order valence-corrected chi connectivity index (χ3v) is 3.13. The van der Waals surface area contributed by atoms with Gasteiger partial charge in [-0.3, -0.25) is 4.79 Å². The number of nitrogens with two attached hydrogens (primary N) is 1. The molecule has 1 aliphatic carbocycles. The van der Waals surface area contributed by atoms with Crippen molar-refractivity contribution in [2.75, 3.05) is 20.8 Å². The number of carbonyl (C=O) groups excluding carboxylic acids is 1. The van der Waals surface area contributed by atoms with Crippen molar-refractivity contribution in [3.05, 3.63) is 0 Å². The second kappa shape index (κ2) is 4.69. The molecular weight excluding hydrogens is 210 g/mol. The molecule has 94 valence electrons. The van der Waals surface area contributed by atoms with E-state index in [1.54, 1.807) is 14.2 Å². The molecule has 0 saturated heterocycles. The predicted octanol–water partition coefficient (Wildman–Crippen LogP) is 0.666. The Morgan fingerprint density at radius 3 is 2.12 bits per heavy atom. The maximum absolute atomic E-state index is 11.9. The first-order chi connectivity index (χ1) is 7.43. The summed E-state index contributed by atoms with van der Waals surface area (Å²) in [5, 5.41) is 0. The number of esters is 1. The van der Waals surface area contributed by atoms with Crippen LogP contribution in [0.2, 0.25) is 0 Å². The maximum atomic E-state index is 11.9. The van der Waals surface area contributed by atoms with Crippen LogP contribution in [0.4, 0.5) is 0 Å². The Morgan fingerprint density at radius 1 is 1.31 bits per heavy atom. The highest BCUT2D eigenvalue weighted by Crippen LogP contribution is 2.51. The molecule has 0 unspecified atom stereocenters. The van der Waals surface area contributed by atoms with Crippen LogP contribution in [0.5, 0.6) is 0 Å². The van der Waals surface area contributed by atoms with Crippen molar-refractivity contribution < 1.29 is 19.0 Å². The van der Waals surface area contributed by atoms with Crippen LogP contribution in [0.25, 0.3) is 0 Å².